The summed E-state index contributed by atoms with van der Waals surface area (Å²) >= 11 is 5.15. The topological polar surface area (TPSA) is 75.6 Å². The number of aromatic amines is 1. The van der Waals surface area contributed by atoms with Gasteiger partial charge in [-0.1, -0.05) is 6.92 Å². The van der Waals surface area contributed by atoms with Crippen LogP contribution in [0.4, 0.5) is 0 Å². The van der Waals surface area contributed by atoms with Crippen molar-refractivity contribution in [2.75, 3.05) is 6.54 Å². The Labute approximate surface area is 122 Å². The van der Waals surface area contributed by atoms with Gasteiger partial charge in [0.2, 0.25) is 0 Å². The number of aromatic nitrogens is 4. The van der Waals surface area contributed by atoms with Crippen LogP contribution in [0.3, 0.4) is 0 Å². The summed E-state index contributed by atoms with van der Waals surface area (Å²) in [7, 11) is 0. The van der Waals surface area contributed by atoms with Crippen molar-refractivity contribution >= 4 is 18.1 Å². The minimum Gasteiger partial charge on any atom is -0.350 e. The van der Waals surface area contributed by atoms with Gasteiger partial charge in [-0.25, -0.2) is 0 Å². The second-order valence-electron chi connectivity index (χ2n) is 4.34. The van der Waals surface area contributed by atoms with Gasteiger partial charge in [-0.05, 0) is 31.3 Å². The number of nitrogens with one attached hydrogen (secondary N) is 2. The lowest BCUT2D eigenvalue weighted by Crippen LogP contribution is -2.28. The summed E-state index contributed by atoms with van der Waals surface area (Å²) < 4.78 is 2.47. The molecule has 0 aliphatic carbocycles. The zero-order valence-electron chi connectivity index (χ0n) is 11.5. The van der Waals surface area contributed by atoms with E-state index in [1.165, 1.54) is 0 Å². The van der Waals surface area contributed by atoms with E-state index in [1.807, 2.05) is 18.4 Å². The molecule has 0 spiro atoms. The first-order valence-electron chi connectivity index (χ1n) is 6.47. The lowest BCUT2D eigenvalue weighted by Gasteiger charge is -2.08. The molecule has 0 radical (unpaired) electrons. The minimum absolute atomic E-state index is 0.122. The molecule has 1 amide bonds. The van der Waals surface area contributed by atoms with E-state index in [1.54, 1.807) is 18.3 Å². The zero-order valence-corrected chi connectivity index (χ0v) is 12.3. The summed E-state index contributed by atoms with van der Waals surface area (Å²) in [6.07, 6.45) is 2.47. The summed E-state index contributed by atoms with van der Waals surface area (Å²) in [6.45, 7) is 4.92. The molecule has 6 nitrogen and oxygen atoms in total. The highest BCUT2D eigenvalue weighted by molar-refractivity contribution is 7.71. The van der Waals surface area contributed by atoms with Crippen molar-refractivity contribution in [2.45, 2.75) is 26.8 Å². The highest BCUT2D eigenvalue weighted by atomic mass is 32.1. The molecule has 2 aromatic rings. The molecular formula is C13H17N5OS. The van der Waals surface area contributed by atoms with Crippen LogP contribution in [0.5, 0.6) is 0 Å². The van der Waals surface area contributed by atoms with E-state index in [0.717, 1.165) is 17.9 Å². The molecule has 0 atom stereocenters. The van der Waals surface area contributed by atoms with Gasteiger partial charge in [0.1, 0.15) is 5.82 Å². The third kappa shape index (κ3) is 3.11. The van der Waals surface area contributed by atoms with E-state index in [2.05, 4.69) is 20.5 Å². The van der Waals surface area contributed by atoms with Crippen molar-refractivity contribution in [1.82, 2.24) is 25.1 Å². The molecule has 2 rings (SSSR count). The molecule has 0 aromatic carbocycles. The van der Waals surface area contributed by atoms with E-state index < -0.39 is 0 Å². The van der Waals surface area contributed by atoms with Gasteiger partial charge in [0.15, 0.2) is 4.77 Å². The van der Waals surface area contributed by atoms with Gasteiger partial charge in [0, 0.05) is 31.4 Å². The normalized spacial score (nSPS) is 10.5. The number of pyridine rings is 1. The second-order valence-corrected chi connectivity index (χ2v) is 4.73. The summed E-state index contributed by atoms with van der Waals surface area (Å²) in [5.74, 6) is 0.769. The molecule has 2 N–H and O–H groups in total. The molecule has 0 unspecified atom stereocenters. The fraction of sp³-hybridized carbons (Fsp3) is 0.385. The molecule has 0 bridgehead atoms. The lowest BCUT2D eigenvalue weighted by molar-refractivity contribution is 0.0951. The molecule has 0 aliphatic rings. The monoisotopic (exact) mass is 291 g/mol. The van der Waals surface area contributed by atoms with E-state index >= 15 is 0 Å². The highest BCUT2D eigenvalue weighted by Crippen LogP contribution is 2.03. The minimum atomic E-state index is -0.122. The fourth-order valence-corrected chi connectivity index (χ4v) is 2.19. The van der Waals surface area contributed by atoms with Gasteiger partial charge in [0.25, 0.3) is 5.91 Å². The Morgan fingerprint density at radius 2 is 2.35 bits per heavy atom. The number of hydrogen-bond acceptors (Lipinski definition) is 4. The lowest BCUT2D eigenvalue weighted by atomic mass is 10.2. The Morgan fingerprint density at radius 3 is 3.05 bits per heavy atom. The Kier molecular flexibility index (Phi) is 4.62. The number of nitrogens with zero attached hydrogens (tertiary/aromatic N) is 3. The molecule has 2 heterocycles. The van der Waals surface area contributed by atoms with Crippen LogP contribution in [0.15, 0.2) is 18.3 Å². The van der Waals surface area contributed by atoms with Crippen molar-refractivity contribution in [1.29, 1.82) is 0 Å². The van der Waals surface area contributed by atoms with Crippen LogP contribution in [0.25, 0.3) is 0 Å². The predicted octanol–water partition coefficient (Wildman–Crippen LogP) is 1.64. The largest absolute Gasteiger partial charge is 0.350 e. The van der Waals surface area contributed by atoms with Crippen LogP contribution in [0, 0.1) is 11.7 Å². The number of carbonyl (C=O) groups is 1. The molecule has 0 fully saturated rings. The van der Waals surface area contributed by atoms with Crippen LogP contribution < -0.4 is 5.32 Å². The first-order valence-corrected chi connectivity index (χ1v) is 6.88. The Bertz CT molecular complexity index is 661. The van der Waals surface area contributed by atoms with E-state index in [4.69, 9.17) is 12.2 Å². The maximum Gasteiger partial charge on any atom is 0.253 e. The molecule has 2 aromatic heterocycles. The van der Waals surface area contributed by atoms with Crippen LogP contribution in [-0.4, -0.2) is 32.2 Å². The van der Waals surface area contributed by atoms with Gasteiger partial charge < -0.3 is 9.88 Å². The van der Waals surface area contributed by atoms with Crippen LogP contribution >= 0.6 is 12.2 Å². The van der Waals surface area contributed by atoms with E-state index in [0.29, 0.717) is 23.4 Å². The van der Waals surface area contributed by atoms with Crippen LogP contribution in [0.1, 0.15) is 28.8 Å². The number of rotatable bonds is 5. The molecule has 0 saturated carbocycles. The molecule has 0 saturated heterocycles. The summed E-state index contributed by atoms with van der Waals surface area (Å²) in [4.78, 5) is 16.1. The number of carbonyl (C=O) groups excluding carboxylic acids is 1. The second kappa shape index (κ2) is 6.42. The van der Waals surface area contributed by atoms with E-state index in [9.17, 15) is 4.79 Å². The highest BCUT2D eigenvalue weighted by Gasteiger charge is 2.09. The first kappa shape index (κ1) is 14.4. The molecule has 7 heteroatoms. The fourth-order valence-electron chi connectivity index (χ4n) is 1.95. The maximum atomic E-state index is 12.0. The molecule has 20 heavy (non-hydrogen) atoms. The van der Waals surface area contributed by atoms with Crippen LogP contribution in [0.2, 0.25) is 0 Å². The third-order valence-electron chi connectivity index (χ3n) is 3.03. The van der Waals surface area contributed by atoms with Crippen molar-refractivity contribution in [2.24, 2.45) is 0 Å². The molecular weight excluding hydrogens is 274 g/mol. The van der Waals surface area contributed by atoms with E-state index in [-0.39, 0.29) is 5.91 Å². The smallest absolute Gasteiger partial charge is 0.253 e. The summed E-state index contributed by atoms with van der Waals surface area (Å²) in [5, 5.41) is 9.76. The van der Waals surface area contributed by atoms with Crippen molar-refractivity contribution in [3.05, 3.63) is 40.2 Å². The summed E-state index contributed by atoms with van der Waals surface area (Å²) in [6, 6.07) is 3.52. The SMILES string of the molecule is CCc1n[nH]c(=S)n1CCNC(=O)c1cccnc1C. The maximum absolute atomic E-state index is 12.0. The number of amides is 1. The van der Waals surface area contributed by atoms with Crippen molar-refractivity contribution in [3.63, 3.8) is 0 Å². The Balaban J connectivity index is 1.97. The van der Waals surface area contributed by atoms with Crippen molar-refractivity contribution in [3.8, 4) is 0 Å². The average Bonchev–Trinajstić information content (AvgIpc) is 2.80. The van der Waals surface area contributed by atoms with Gasteiger partial charge >= 0.3 is 0 Å². The quantitative estimate of drug-likeness (QED) is 0.821. The third-order valence-corrected chi connectivity index (χ3v) is 3.34. The average molecular weight is 291 g/mol. The Hall–Kier alpha value is -2.02. The first-order chi connectivity index (χ1) is 9.63. The molecule has 106 valence electrons. The number of aryl methyl sites for hydroxylation is 2. The van der Waals surface area contributed by atoms with Gasteiger partial charge in [-0.15, -0.1) is 0 Å². The predicted molar refractivity (Wildman–Crippen MR) is 78.1 cm³/mol. The van der Waals surface area contributed by atoms with Gasteiger partial charge in [0.05, 0.1) is 5.56 Å². The van der Waals surface area contributed by atoms with Gasteiger partial charge in [-0.3, -0.25) is 14.9 Å². The summed E-state index contributed by atoms with van der Waals surface area (Å²) in [5.41, 5.74) is 1.32. The van der Waals surface area contributed by atoms with Crippen molar-refractivity contribution < 1.29 is 4.79 Å². The molecule has 0 aliphatic heterocycles. The number of hydrogen-bond donors (Lipinski definition) is 2. The van der Waals surface area contributed by atoms with Gasteiger partial charge in [-0.2, -0.15) is 5.10 Å². The zero-order chi connectivity index (χ0) is 14.5. The standard InChI is InChI=1S/C13H17N5OS/c1-3-11-16-17-13(20)18(11)8-7-15-12(19)10-5-4-6-14-9(10)2/h4-6H,3,7-8H2,1-2H3,(H,15,19)(H,17,20). The Morgan fingerprint density at radius 1 is 1.55 bits per heavy atom. The van der Waals surface area contributed by atoms with Crippen LogP contribution in [-0.2, 0) is 13.0 Å². The number of H-pyrrole nitrogens is 1.